The van der Waals surface area contributed by atoms with Gasteiger partial charge in [-0.2, -0.15) is 0 Å². The second-order valence-electron chi connectivity index (χ2n) is 10.4. The van der Waals surface area contributed by atoms with E-state index < -0.39 is 128 Å². The highest BCUT2D eigenvalue weighted by Crippen LogP contribution is 2.35. The van der Waals surface area contributed by atoms with E-state index in [4.69, 9.17) is 59.0 Å². The van der Waals surface area contributed by atoms with Crippen LogP contribution in [-0.4, -0.2) is 128 Å². The first kappa shape index (κ1) is 40.1. The number of ether oxygens (including phenoxy) is 10. The molecule has 19 nitrogen and oxygen atoms in total. The molecule has 0 aromatic carbocycles. The summed E-state index contributed by atoms with van der Waals surface area (Å²) in [5.74, 6) is -7.45. The number of carbonyl (C=O) groups excluding carboxylic acids is 8. The van der Waals surface area contributed by atoms with Crippen LogP contribution in [0.4, 0.5) is 0 Å². The molecule has 2 heterocycles. The van der Waals surface area contributed by atoms with Crippen molar-refractivity contribution >= 4 is 59.3 Å². The molecule has 2 aliphatic rings. The molecule has 2 fully saturated rings. The maximum absolute atomic E-state index is 12.4. The maximum atomic E-state index is 12.4. The van der Waals surface area contributed by atoms with Crippen molar-refractivity contribution in [3.05, 3.63) is 0 Å². The standard InChI is InChI=1S/C28H38ClNO18/c1-11(31)39-9-18-22(23(42-14(4)34)25(44-16(6)36)27(46-18)30-20(38)8-29)48-28-26(45-17(7)37)24(43-15(5)35)21(41-13(3)33)19(47-28)10-40-12(2)32/h18-19,21-28H,8-10H2,1-7H3,(H,30,38)/t18-,19-,21-,22+,23-,24-,25?,26-,27+,28-/m0/s1. The number of alkyl halides is 1. The maximum Gasteiger partial charge on any atom is 0.303 e. The quantitative estimate of drug-likeness (QED) is 0.136. The van der Waals surface area contributed by atoms with Crippen LogP contribution in [0.3, 0.4) is 0 Å². The molecule has 0 spiro atoms. The number of hydrogen-bond donors (Lipinski definition) is 1. The number of carbonyl (C=O) groups is 8. The molecule has 2 aliphatic heterocycles. The number of amides is 1. The molecule has 2 saturated heterocycles. The number of halogens is 1. The molecule has 0 aliphatic carbocycles. The second-order valence-corrected chi connectivity index (χ2v) is 10.7. The third kappa shape index (κ3) is 12.2. The van der Waals surface area contributed by atoms with Gasteiger partial charge in [0.25, 0.3) is 0 Å². The lowest BCUT2D eigenvalue weighted by Gasteiger charge is -2.48. The first-order chi connectivity index (χ1) is 22.4. The van der Waals surface area contributed by atoms with Crippen LogP contribution in [0.5, 0.6) is 0 Å². The van der Waals surface area contributed by atoms with E-state index in [1.54, 1.807) is 0 Å². The number of hydrogen-bond acceptors (Lipinski definition) is 18. The molecule has 10 atom stereocenters. The van der Waals surface area contributed by atoms with Gasteiger partial charge < -0.3 is 52.7 Å². The molecule has 270 valence electrons. The zero-order chi connectivity index (χ0) is 36.3. The average molecular weight is 712 g/mol. The topological polar surface area (TPSA) is 241 Å². The lowest BCUT2D eigenvalue weighted by molar-refractivity contribution is -0.345. The highest BCUT2D eigenvalue weighted by atomic mass is 35.5. The zero-order valence-corrected chi connectivity index (χ0v) is 27.9. The van der Waals surface area contributed by atoms with Gasteiger partial charge >= 0.3 is 41.8 Å². The van der Waals surface area contributed by atoms with Crippen molar-refractivity contribution < 1.29 is 85.7 Å². The van der Waals surface area contributed by atoms with Gasteiger partial charge in [0.15, 0.2) is 43.0 Å². The molecule has 1 amide bonds. The molecule has 2 rings (SSSR count). The van der Waals surface area contributed by atoms with Gasteiger partial charge in [-0.15, -0.1) is 11.6 Å². The molecular formula is C28H38ClNO18. The fourth-order valence-electron chi connectivity index (χ4n) is 4.83. The van der Waals surface area contributed by atoms with Gasteiger partial charge in [-0.3, -0.25) is 38.4 Å². The Bertz CT molecular complexity index is 1230. The molecule has 0 aromatic rings. The lowest BCUT2D eigenvalue weighted by atomic mass is 9.95. The van der Waals surface area contributed by atoms with Gasteiger partial charge in [-0.25, -0.2) is 0 Å². The predicted molar refractivity (Wildman–Crippen MR) is 152 cm³/mol. The van der Waals surface area contributed by atoms with E-state index in [9.17, 15) is 38.4 Å². The first-order valence-electron chi connectivity index (χ1n) is 14.4. The summed E-state index contributed by atoms with van der Waals surface area (Å²) in [4.78, 5) is 96.9. The molecule has 20 heteroatoms. The number of rotatable bonds is 13. The van der Waals surface area contributed by atoms with Crippen LogP contribution < -0.4 is 5.32 Å². The Kier molecular flexibility index (Phi) is 15.4. The minimum Gasteiger partial charge on any atom is -0.463 e. The van der Waals surface area contributed by atoms with Gasteiger partial charge in [0.1, 0.15) is 37.4 Å². The summed E-state index contributed by atoms with van der Waals surface area (Å²) in [6.45, 7) is 6.05. The van der Waals surface area contributed by atoms with Crippen LogP contribution in [0.15, 0.2) is 0 Å². The summed E-state index contributed by atoms with van der Waals surface area (Å²) in [6.07, 6.45) is -16.1. The molecule has 1 N–H and O–H groups in total. The zero-order valence-electron chi connectivity index (χ0n) is 27.1. The molecule has 0 radical (unpaired) electrons. The van der Waals surface area contributed by atoms with Crippen molar-refractivity contribution in [3.8, 4) is 0 Å². The Morgan fingerprint density at radius 1 is 0.521 bits per heavy atom. The summed E-state index contributed by atoms with van der Waals surface area (Å²) in [7, 11) is 0. The van der Waals surface area contributed by atoms with Crippen LogP contribution in [0, 0.1) is 0 Å². The summed E-state index contributed by atoms with van der Waals surface area (Å²) in [6, 6.07) is 0. The molecule has 0 saturated carbocycles. The summed E-state index contributed by atoms with van der Waals surface area (Å²) < 4.78 is 55.3. The third-order valence-electron chi connectivity index (χ3n) is 6.35. The second kappa shape index (κ2) is 18.5. The van der Waals surface area contributed by atoms with Crippen molar-refractivity contribution in [1.82, 2.24) is 5.32 Å². The van der Waals surface area contributed by atoms with Crippen LogP contribution in [0.25, 0.3) is 0 Å². The number of nitrogens with one attached hydrogen (secondary N) is 1. The third-order valence-corrected chi connectivity index (χ3v) is 6.60. The SMILES string of the molecule is CC(=O)OC[C@@H]1O[C@@H](O[C@@H]2[C@H](COC(C)=O)O[C@@H](NC(=O)CCl)C(OC(C)=O)[C@H]2OC(C)=O)[C@@H](OC(C)=O)[C@@H](OC(C)=O)[C@H]1OC(C)=O. The van der Waals surface area contributed by atoms with E-state index >= 15 is 0 Å². The van der Waals surface area contributed by atoms with E-state index in [1.807, 2.05) is 0 Å². The van der Waals surface area contributed by atoms with Crippen LogP contribution in [-0.2, 0) is 85.7 Å². The average Bonchev–Trinajstić information content (AvgIpc) is 2.95. The van der Waals surface area contributed by atoms with Crippen molar-refractivity contribution in [1.29, 1.82) is 0 Å². The van der Waals surface area contributed by atoms with Gasteiger partial charge in [0.05, 0.1) is 0 Å². The van der Waals surface area contributed by atoms with Crippen LogP contribution in [0.1, 0.15) is 48.5 Å². The van der Waals surface area contributed by atoms with Crippen LogP contribution >= 0.6 is 11.6 Å². The Morgan fingerprint density at radius 3 is 1.35 bits per heavy atom. The number of esters is 7. The molecule has 48 heavy (non-hydrogen) atoms. The summed E-state index contributed by atoms with van der Waals surface area (Å²) >= 11 is 5.64. The minimum absolute atomic E-state index is 0.551. The molecule has 0 bridgehead atoms. The van der Waals surface area contributed by atoms with Crippen LogP contribution in [0.2, 0.25) is 0 Å². The Labute approximate surface area is 279 Å². The fourth-order valence-corrected chi connectivity index (χ4v) is 4.90. The summed E-state index contributed by atoms with van der Waals surface area (Å²) in [5.41, 5.74) is 0. The van der Waals surface area contributed by atoms with Crippen molar-refractivity contribution in [2.24, 2.45) is 0 Å². The van der Waals surface area contributed by atoms with E-state index in [2.05, 4.69) is 5.32 Å². The predicted octanol–water partition coefficient (Wildman–Crippen LogP) is -1.04. The van der Waals surface area contributed by atoms with E-state index in [1.165, 1.54) is 0 Å². The van der Waals surface area contributed by atoms with E-state index in [-0.39, 0.29) is 0 Å². The molecule has 1 unspecified atom stereocenters. The largest absolute Gasteiger partial charge is 0.463 e. The lowest BCUT2D eigenvalue weighted by Crippen LogP contribution is -2.69. The minimum atomic E-state index is -1.83. The Morgan fingerprint density at radius 2 is 0.917 bits per heavy atom. The monoisotopic (exact) mass is 711 g/mol. The Hall–Kier alpha value is -4.07. The highest BCUT2D eigenvalue weighted by molar-refractivity contribution is 6.27. The van der Waals surface area contributed by atoms with E-state index in [0.717, 1.165) is 48.5 Å². The van der Waals surface area contributed by atoms with E-state index in [0.29, 0.717) is 0 Å². The van der Waals surface area contributed by atoms with Crippen molar-refractivity contribution in [3.63, 3.8) is 0 Å². The highest BCUT2D eigenvalue weighted by Gasteiger charge is 2.57. The van der Waals surface area contributed by atoms with Gasteiger partial charge in [0, 0.05) is 48.5 Å². The Balaban J connectivity index is 2.74. The summed E-state index contributed by atoms with van der Waals surface area (Å²) in [5, 5.41) is 2.38. The van der Waals surface area contributed by atoms with Gasteiger partial charge in [-0.05, 0) is 0 Å². The first-order valence-corrected chi connectivity index (χ1v) is 14.9. The smallest absolute Gasteiger partial charge is 0.303 e. The van der Waals surface area contributed by atoms with Crippen molar-refractivity contribution in [2.45, 2.75) is 110 Å². The van der Waals surface area contributed by atoms with Crippen molar-refractivity contribution in [2.75, 3.05) is 19.1 Å². The molecular weight excluding hydrogens is 674 g/mol. The van der Waals surface area contributed by atoms with Gasteiger partial charge in [0.2, 0.25) is 5.91 Å². The van der Waals surface area contributed by atoms with Gasteiger partial charge in [-0.1, -0.05) is 0 Å². The normalized spacial score (nSPS) is 29.7. The molecule has 0 aromatic heterocycles. The fraction of sp³-hybridized carbons (Fsp3) is 0.714.